The molecule has 1 aromatic carbocycles. The van der Waals surface area contributed by atoms with Gasteiger partial charge in [0.15, 0.2) is 5.52 Å². The molecule has 0 aliphatic carbocycles. The van der Waals surface area contributed by atoms with E-state index >= 15 is 0 Å². The third-order valence-corrected chi connectivity index (χ3v) is 5.91. The van der Waals surface area contributed by atoms with E-state index in [1.807, 2.05) is 24.5 Å². The summed E-state index contributed by atoms with van der Waals surface area (Å²) in [7, 11) is 0. The maximum atomic E-state index is 11.5. The molecule has 0 saturated carbocycles. The number of benzene rings is 1. The molecule has 9 heteroatoms. The van der Waals surface area contributed by atoms with Crippen molar-refractivity contribution in [3.8, 4) is 0 Å². The summed E-state index contributed by atoms with van der Waals surface area (Å²) in [6.45, 7) is 5.93. The smallest absolute Gasteiger partial charge is 0.312 e. The van der Waals surface area contributed by atoms with Crippen LogP contribution in [-0.4, -0.2) is 33.6 Å². The third-order valence-electron chi connectivity index (χ3n) is 3.95. The molecule has 2 aromatic rings. The van der Waals surface area contributed by atoms with Crippen LogP contribution in [0.3, 0.4) is 0 Å². The van der Waals surface area contributed by atoms with Crippen LogP contribution in [0.5, 0.6) is 0 Å². The Balaban J connectivity index is 2.22. The predicted octanol–water partition coefficient (Wildman–Crippen LogP) is 3.82. The van der Waals surface area contributed by atoms with E-state index in [2.05, 4.69) is 47.5 Å². The number of aromatic nitrogens is 2. The van der Waals surface area contributed by atoms with Crippen LogP contribution in [0.15, 0.2) is 15.0 Å². The molecule has 124 valence electrons. The number of imidazole rings is 1. The van der Waals surface area contributed by atoms with Gasteiger partial charge in [-0.1, -0.05) is 0 Å². The van der Waals surface area contributed by atoms with Gasteiger partial charge < -0.3 is 15.2 Å². The molecule has 2 N–H and O–H groups in total. The number of rotatable bonds is 4. The van der Waals surface area contributed by atoms with E-state index in [1.54, 1.807) is 0 Å². The van der Waals surface area contributed by atoms with Gasteiger partial charge in [-0.05, 0) is 64.7 Å². The molecule has 0 bridgehead atoms. The molecule has 1 atom stereocenters. The number of anilines is 1. The lowest BCUT2D eigenvalue weighted by Crippen LogP contribution is -2.24. The lowest BCUT2D eigenvalue weighted by Gasteiger charge is -2.17. The van der Waals surface area contributed by atoms with Crippen molar-refractivity contribution in [2.75, 3.05) is 18.4 Å². The Morgan fingerprint density at radius 2 is 2.26 bits per heavy atom. The van der Waals surface area contributed by atoms with E-state index in [1.165, 1.54) is 0 Å². The highest BCUT2D eigenvalue weighted by Crippen LogP contribution is 2.40. The summed E-state index contributed by atoms with van der Waals surface area (Å²) in [4.78, 5) is 15.7. The molecule has 0 spiro atoms. The summed E-state index contributed by atoms with van der Waals surface area (Å²) in [5.41, 5.74) is 1.13. The van der Waals surface area contributed by atoms with Gasteiger partial charge in [0, 0.05) is 23.1 Å². The number of nitrogens with zero attached hydrogens (tertiary/aromatic N) is 3. The molecule has 23 heavy (non-hydrogen) atoms. The largest absolute Gasteiger partial charge is 0.352 e. The first kappa shape index (κ1) is 16.7. The Labute approximate surface area is 150 Å². The Hall–Kier alpha value is -1.19. The fourth-order valence-electron chi connectivity index (χ4n) is 2.91. The molecule has 0 amide bonds. The van der Waals surface area contributed by atoms with Gasteiger partial charge in [0.25, 0.3) is 0 Å². The monoisotopic (exact) mass is 445 g/mol. The van der Waals surface area contributed by atoms with Crippen molar-refractivity contribution in [1.29, 1.82) is 0 Å². The lowest BCUT2D eigenvalue weighted by molar-refractivity contribution is -0.384. The summed E-state index contributed by atoms with van der Waals surface area (Å²) in [6.07, 6.45) is 1.01. The molecule has 1 fully saturated rings. The van der Waals surface area contributed by atoms with Gasteiger partial charge in [-0.15, -0.1) is 0 Å². The zero-order chi connectivity index (χ0) is 16.7. The van der Waals surface area contributed by atoms with Crippen LogP contribution in [0.1, 0.15) is 26.3 Å². The average molecular weight is 447 g/mol. The van der Waals surface area contributed by atoms with Gasteiger partial charge in [0.1, 0.15) is 4.47 Å². The maximum Gasteiger partial charge on any atom is 0.312 e. The number of halogens is 2. The molecule has 1 saturated heterocycles. The number of nitro benzene ring substituents is 1. The van der Waals surface area contributed by atoms with E-state index < -0.39 is 4.92 Å². The standard InChI is InChI=1S/C14H17Br2N5O2/c1-7(2)20-10-5-9(15)11(16)13(21(22)23)12(10)19-14(20)18-8-3-4-17-6-8/h5,7-8,17H,3-4,6H2,1-2H3,(H,18,19)/t8-/m1/s1. The van der Waals surface area contributed by atoms with Crippen LogP contribution in [-0.2, 0) is 0 Å². The highest BCUT2D eigenvalue weighted by atomic mass is 79.9. The minimum atomic E-state index is -0.393. The molecule has 1 aliphatic rings. The fraction of sp³-hybridized carbons (Fsp3) is 0.500. The quantitative estimate of drug-likeness (QED) is 0.550. The Kier molecular flexibility index (Phi) is 4.61. The number of nitrogens with one attached hydrogen (secondary N) is 2. The molecule has 1 aromatic heterocycles. The molecular weight excluding hydrogens is 430 g/mol. The summed E-state index contributed by atoms with van der Waals surface area (Å²) >= 11 is 6.69. The molecular formula is C14H17Br2N5O2. The minimum absolute atomic E-state index is 0.0126. The number of nitro groups is 1. The fourth-order valence-corrected chi connectivity index (χ4v) is 3.76. The van der Waals surface area contributed by atoms with Gasteiger partial charge in [-0.2, -0.15) is 0 Å². The zero-order valence-electron chi connectivity index (χ0n) is 12.8. The normalized spacial score (nSPS) is 18.0. The number of hydrogen-bond acceptors (Lipinski definition) is 5. The predicted molar refractivity (Wildman–Crippen MR) is 97.1 cm³/mol. The summed E-state index contributed by atoms with van der Waals surface area (Å²) in [5.74, 6) is 0.678. The second kappa shape index (κ2) is 6.37. The Morgan fingerprint density at radius 1 is 1.52 bits per heavy atom. The molecule has 3 rings (SSSR count). The van der Waals surface area contributed by atoms with Crippen molar-refractivity contribution in [1.82, 2.24) is 14.9 Å². The highest BCUT2D eigenvalue weighted by Gasteiger charge is 2.27. The molecule has 2 heterocycles. The summed E-state index contributed by atoms with van der Waals surface area (Å²) in [5, 5.41) is 18.2. The summed E-state index contributed by atoms with van der Waals surface area (Å²) < 4.78 is 3.07. The van der Waals surface area contributed by atoms with Crippen LogP contribution in [0, 0.1) is 10.1 Å². The van der Waals surface area contributed by atoms with Crippen molar-refractivity contribution < 1.29 is 4.92 Å². The van der Waals surface area contributed by atoms with E-state index in [0.29, 0.717) is 20.4 Å². The van der Waals surface area contributed by atoms with Crippen molar-refractivity contribution >= 4 is 54.5 Å². The van der Waals surface area contributed by atoms with E-state index in [9.17, 15) is 10.1 Å². The second-order valence-corrected chi connectivity index (χ2v) is 7.53. The maximum absolute atomic E-state index is 11.5. The van der Waals surface area contributed by atoms with Gasteiger partial charge in [0.05, 0.1) is 10.4 Å². The molecule has 1 aliphatic heterocycles. The van der Waals surface area contributed by atoms with Gasteiger partial charge in [-0.25, -0.2) is 4.98 Å². The molecule has 0 radical (unpaired) electrons. The third kappa shape index (κ3) is 2.97. The van der Waals surface area contributed by atoms with E-state index in [-0.39, 0.29) is 17.8 Å². The van der Waals surface area contributed by atoms with Gasteiger partial charge in [0.2, 0.25) is 5.95 Å². The molecule has 0 unspecified atom stereocenters. The first-order valence-electron chi connectivity index (χ1n) is 7.41. The number of hydrogen-bond donors (Lipinski definition) is 2. The van der Waals surface area contributed by atoms with Crippen molar-refractivity contribution in [2.24, 2.45) is 0 Å². The lowest BCUT2D eigenvalue weighted by atomic mass is 10.2. The van der Waals surface area contributed by atoms with Crippen molar-refractivity contribution in [2.45, 2.75) is 32.4 Å². The van der Waals surface area contributed by atoms with Crippen LogP contribution in [0.2, 0.25) is 0 Å². The zero-order valence-corrected chi connectivity index (χ0v) is 15.9. The Bertz CT molecular complexity index is 768. The topological polar surface area (TPSA) is 85.0 Å². The van der Waals surface area contributed by atoms with Crippen molar-refractivity contribution in [3.63, 3.8) is 0 Å². The average Bonchev–Trinajstić information content (AvgIpc) is 3.07. The first-order valence-corrected chi connectivity index (χ1v) is 9.00. The van der Waals surface area contributed by atoms with E-state index in [4.69, 9.17) is 0 Å². The Morgan fingerprint density at radius 3 is 2.83 bits per heavy atom. The van der Waals surface area contributed by atoms with Crippen molar-refractivity contribution in [3.05, 3.63) is 25.1 Å². The van der Waals surface area contributed by atoms with Crippen LogP contribution < -0.4 is 10.6 Å². The minimum Gasteiger partial charge on any atom is -0.352 e. The van der Waals surface area contributed by atoms with Gasteiger partial charge in [-0.3, -0.25) is 10.1 Å². The SMILES string of the molecule is CC(C)n1c(N[C@@H]2CCNC2)nc2c([N+](=O)[O-])c(Br)c(Br)cc21. The first-order chi connectivity index (χ1) is 10.9. The van der Waals surface area contributed by atoms with Crippen LogP contribution in [0.4, 0.5) is 11.6 Å². The summed E-state index contributed by atoms with van der Waals surface area (Å²) in [6, 6.07) is 2.29. The van der Waals surface area contributed by atoms with Gasteiger partial charge >= 0.3 is 5.69 Å². The van der Waals surface area contributed by atoms with E-state index in [0.717, 1.165) is 25.0 Å². The highest BCUT2D eigenvalue weighted by molar-refractivity contribution is 9.13. The van der Waals surface area contributed by atoms with Crippen LogP contribution >= 0.6 is 31.9 Å². The number of fused-ring (bicyclic) bond motifs is 1. The second-order valence-electron chi connectivity index (χ2n) is 5.88. The van der Waals surface area contributed by atoms with Crippen LogP contribution in [0.25, 0.3) is 11.0 Å². The molecule has 7 nitrogen and oxygen atoms in total.